The molecule has 2 aromatic rings. The van der Waals surface area contributed by atoms with Crippen LogP contribution in [0.5, 0.6) is 11.5 Å². The fourth-order valence-corrected chi connectivity index (χ4v) is 3.20. The van der Waals surface area contributed by atoms with Crippen LogP contribution in [0.4, 0.5) is 10.5 Å². The van der Waals surface area contributed by atoms with E-state index in [1.807, 2.05) is 18.2 Å². The van der Waals surface area contributed by atoms with Gasteiger partial charge in [0.25, 0.3) is 0 Å². The molecule has 10 nitrogen and oxygen atoms in total. The molecule has 1 aliphatic heterocycles. The van der Waals surface area contributed by atoms with Crippen LogP contribution in [0.3, 0.4) is 0 Å². The smallest absolute Gasteiger partial charge is 0.338 e. The standard InChI is InChI=1S/C21H21N3O7/c1-3-30-16-10-14(9-15(19(16)25)24(28)29)18-17(12(2)22-21(27)23-18)20(26)31-11-13-7-5-4-6-8-13/h4-10,18,25H,3,11H2,1-2H3,(H2,22,23,27). The van der Waals surface area contributed by atoms with Gasteiger partial charge in [0.15, 0.2) is 5.75 Å². The molecule has 0 bridgehead atoms. The van der Waals surface area contributed by atoms with Crippen LogP contribution < -0.4 is 15.4 Å². The number of phenols is 1. The first kappa shape index (κ1) is 21.6. The van der Waals surface area contributed by atoms with Crippen LogP contribution in [-0.2, 0) is 16.1 Å². The van der Waals surface area contributed by atoms with Crippen molar-refractivity contribution in [3.05, 3.63) is 75.0 Å². The fourth-order valence-electron chi connectivity index (χ4n) is 3.20. The Morgan fingerprint density at radius 3 is 2.61 bits per heavy atom. The van der Waals surface area contributed by atoms with Crippen LogP contribution in [0.1, 0.15) is 31.0 Å². The molecule has 0 aliphatic carbocycles. The van der Waals surface area contributed by atoms with E-state index in [0.717, 1.165) is 11.6 Å². The second-order valence-corrected chi connectivity index (χ2v) is 6.71. The van der Waals surface area contributed by atoms with E-state index in [0.29, 0.717) is 0 Å². The third-order valence-electron chi connectivity index (χ3n) is 4.61. The summed E-state index contributed by atoms with van der Waals surface area (Å²) in [6.07, 6.45) is 0. The van der Waals surface area contributed by atoms with Crippen LogP contribution in [0.2, 0.25) is 0 Å². The fraction of sp³-hybridized carbons (Fsp3) is 0.238. The molecule has 1 atom stereocenters. The summed E-state index contributed by atoms with van der Waals surface area (Å²) in [5, 5.41) is 26.6. The highest BCUT2D eigenvalue weighted by Crippen LogP contribution is 2.40. The molecule has 0 fully saturated rings. The lowest BCUT2D eigenvalue weighted by Crippen LogP contribution is -2.45. The van der Waals surface area contributed by atoms with Crippen molar-refractivity contribution in [2.75, 3.05) is 6.61 Å². The Balaban J connectivity index is 1.99. The van der Waals surface area contributed by atoms with Gasteiger partial charge in [-0.15, -0.1) is 0 Å². The van der Waals surface area contributed by atoms with Crippen LogP contribution in [-0.4, -0.2) is 28.6 Å². The molecule has 0 aromatic heterocycles. The van der Waals surface area contributed by atoms with E-state index < -0.39 is 34.4 Å². The molecule has 10 heteroatoms. The number of carbonyl (C=O) groups is 2. The number of rotatable bonds is 7. The van der Waals surface area contributed by atoms with Gasteiger partial charge < -0.3 is 25.2 Å². The highest BCUT2D eigenvalue weighted by molar-refractivity contribution is 5.95. The molecular formula is C21H21N3O7. The number of hydrogen-bond donors (Lipinski definition) is 3. The van der Waals surface area contributed by atoms with E-state index in [1.165, 1.54) is 13.0 Å². The molecule has 1 heterocycles. The van der Waals surface area contributed by atoms with E-state index in [-0.39, 0.29) is 35.8 Å². The molecule has 0 saturated heterocycles. The number of benzene rings is 2. The number of allylic oxidation sites excluding steroid dienone is 1. The normalized spacial score (nSPS) is 15.7. The van der Waals surface area contributed by atoms with Gasteiger partial charge in [-0.2, -0.15) is 0 Å². The average Bonchev–Trinajstić information content (AvgIpc) is 2.73. The van der Waals surface area contributed by atoms with Gasteiger partial charge in [-0.05, 0) is 31.0 Å². The van der Waals surface area contributed by atoms with Gasteiger partial charge in [0.05, 0.1) is 23.1 Å². The monoisotopic (exact) mass is 427 g/mol. The first-order valence-corrected chi connectivity index (χ1v) is 9.45. The molecule has 3 N–H and O–H groups in total. The summed E-state index contributed by atoms with van der Waals surface area (Å²) in [4.78, 5) is 35.6. The number of urea groups is 1. The summed E-state index contributed by atoms with van der Waals surface area (Å²) in [5.74, 6) is -1.47. The second kappa shape index (κ2) is 9.16. The van der Waals surface area contributed by atoms with Crippen molar-refractivity contribution in [1.82, 2.24) is 10.6 Å². The minimum atomic E-state index is -1.05. The molecule has 0 spiro atoms. The van der Waals surface area contributed by atoms with Crippen LogP contribution in [0.15, 0.2) is 53.7 Å². The predicted molar refractivity (Wildman–Crippen MR) is 109 cm³/mol. The SMILES string of the molecule is CCOc1cc(C2NC(=O)NC(C)=C2C(=O)OCc2ccccc2)cc([N+](=O)[O-])c1O. The molecular weight excluding hydrogens is 406 g/mol. The number of nitrogens with zero attached hydrogens (tertiary/aromatic N) is 1. The van der Waals surface area contributed by atoms with Crippen molar-refractivity contribution in [2.24, 2.45) is 0 Å². The Morgan fingerprint density at radius 1 is 1.26 bits per heavy atom. The summed E-state index contributed by atoms with van der Waals surface area (Å²) in [6, 6.07) is 9.85. The van der Waals surface area contributed by atoms with Gasteiger partial charge >= 0.3 is 17.7 Å². The van der Waals surface area contributed by atoms with Crippen LogP contribution >= 0.6 is 0 Å². The third kappa shape index (κ3) is 4.74. The zero-order valence-electron chi connectivity index (χ0n) is 16.9. The lowest BCUT2D eigenvalue weighted by Gasteiger charge is -2.28. The first-order valence-electron chi connectivity index (χ1n) is 9.45. The minimum absolute atomic E-state index is 0.0110. The number of nitrogens with one attached hydrogen (secondary N) is 2. The van der Waals surface area contributed by atoms with Crippen LogP contribution in [0, 0.1) is 10.1 Å². The van der Waals surface area contributed by atoms with Crippen molar-refractivity contribution in [1.29, 1.82) is 0 Å². The highest BCUT2D eigenvalue weighted by Gasteiger charge is 2.34. The Hall–Kier alpha value is -4.08. The van der Waals surface area contributed by atoms with Crippen molar-refractivity contribution in [3.8, 4) is 11.5 Å². The maximum atomic E-state index is 12.9. The van der Waals surface area contributed by atoms with Gasteiger partial charge in [0.1, 0.15) is 6.61 Å². The minimum Gasteiger partial charge on any atom is -0.500 e. The molecule has 1 unspecified atom stereocenters. The van der Waals surface area contributed by atoms with Gasteiger partial charge in [0.2, 0.25) is 5.75 Å². The Bertz CT molecular complexity index is 1050. The lowest BCUT2D eigenvalue weighted by molar-refractivity contribution is -0.386. The number of amides is 2. The number of nitro benzene ring substituents is 1. The molecule has 3 rings (SSSR count). The van der Waals surface area contributed by atoms with Crippen molar-refractivity contribution in [2.45, 2.75) is 26.5 Å². The van der Waals surface area contributed by atoms with E-state index in [2.05, 4.69) is 10.6 Å². The highest BCUT2D eigenvalue weighted by atomic mass is 16.6. The van der Waals surface area contributed by atoms with Gasteiger partial charge in [-0.3, -0.25) is 10.1 Å². The van der Waals surface area contributed by atoms with Gasteiger partial charge in [-0.25, -0.2) is 9.59 Å². The zero-order valence-corrected chi connectivity index (χ0v) is 16.9. The molecule has 2 amide bonds. The largest absolute Gasteiger partial charge is 0.500 e. The number of carbonyl (C=O) groups excluding carboxylic acids is 2. The maximum absolute atomic E-state index is 12.9. The lowest BCUT2D eigenvalue weighted by atomic mass is 9.94. The Morgan fingerprint density at radius 2 is 1.97 bits per heavy atom. The molecule has 0 radical (unpaired) electrons. The molecule has 31 heavy (non-hydrogen) atoms. The number of nitro groups is 1. The second-order valence-electron chi connectivity index (χ2n) is 6.71. The van der Waals surface area contributed by atoms with E-state index >= 15 is 0 Å². The predicted octanol–water partition coefficient (Wildman–Crippen LogP) is 3.07. The summed E-state index contributed by atoms with van der Waals surface area (Å²) in [7, 11) is 0. The average molecular weight is 427 g/mol. The quantitative estimate of drug-likeness (QED) is 0.350. The maximum Gasteiger partial charge on any atom is 0.338 e. The van der Waals surface area contributed by atoms with Crippen LogP contribution in [0.25, 0.3) is 0 Å². The Kier molecular flexibility index (Phi) is 6.39. The first-order chi connectivity index (χ1) is 14.8. The zero-order chi connectivity index (χ0) is 22.5. The molecule has 1 aliphatic rings. The summed E-state index contributed by atoms with van der Waals surface area (Å²) >= 11 is 0. The number of esters is 1. The summed E-state index contributed by atoms with van der Waals surface area (Å²) in [5.41, 5.74) is 0.688. The molecule has 2 aromatic carbocycles. The topological polar surface area (TPSA) is 140 Å². The van der Waals surface area contributed by atoms with E-state index in [9.17, 15) is 24.8 Å². The van der Waals surface area contributed by atoms with Crippen molar-refractivity contribution < 1.29 is 29.1 Å². The molecule has 162 valence electrons. The van der Waals surface area contributed by atoms with Gasteiger partial charge in [0, 0.05) is 11.8 Å². The van der Waals surface area contributed by atoms with Gasteiger partial charge in [-0.1, -0.05) is 30.3 Å². The third-order valence-corrected chi connectivity index (χ3v) is 4.61. The summed E-state index contributed by atoms with van der Waals surface area (Å²) < 4.78 is 10.7. The van der Waals surface area contributed by atoms with Crippen molar-refractivity contribution in [3.63, 3.8) is 0 Å². The Labute approximate surface area is 177 Å². The number of aromatic hydroxyl groups is 1. The van der Waals surface area contributed by atoms with E-state index in [4.69, 9.17) is 9.47 Å². The number of phenolic OH excluding ortho intramolecular Hbond substituents is 1. The van der Waals surface area contributed by atoms with E-state index in [1.54, 1.807) is 19.1 Å². The van der Waals surface area contributed by atoms with Crippen molar-refractivity contribution >= 4 is 17.7 Å². The number of hydrogen-bond acceptors (Lipinski definition) is 7. The summed E-state index contributed by atoms with van der Waals surface area (Å²) in [6.45, 7) is 3.34. The molecule has 0 saturated carbocycles. The number of ether oxygens (including phenoxy) is 2.